The first-order chi connectivity index (χ1) is 11.7. The molecule has 1 amide bonds. The monoisotopic (exact) mass is 331 g/mol. The average Bonchev–Trinajstić information content (AvgIpc) is 3.14. The number of aliphatic hydroxyl groups is 1. The molecule has 1 aromatic rings. The molecule has 0 heterocycles. The van der Waals surface area contributed by atoms with E-state index in [0.717, 1.165) is 49.8 Å². The highest BCUT2D eigenvalue weighted by molar-refractivity contribution is 5.94. The molecule has 0 radical (unpaired) electrons. The van der Waals surface area contributed by atoms with E-state index in [1.807, 2.05) is 36.2 Å². The Morgan fingerprint density at radius 3 is 2.29 bits per heavy atom. The zero-order valence-corrected chi connectivity index (χ0v) is 14.6. The topological polar surface area (TPSA) is 49.8 Å². The third-order valence-corrected chi connectivity index (χ3v) is 5.65. The van der Waals surface area contributed by atoms with Crippen LogP contribution in [0.15, 0.2) is 24.3 Å². The number of benzene rings is 1. The Morgan fingerprint density at radius 2 is 1.71 bits per heavy atom. The highest BCUT2D eigenvalue weighted by Gasteiger charge is 2.26. The molecule has 0 aliphatic heterocycles. The smallest absolute Gasteiger partial charge is 0.253 e. The van der Waals surface area contributed by atoms with Crippen molar-refractivity contribution in [1.29, 1.82) is 0 Å². The maximum atomic E-state index is 12.7. The van der Waals surface area contributed by atoms with Gasteiger partial charge in [0.25, 0.3) is 5.91 Å². The number of hydrogen-bond acceptors (Lipinski definition) is 3. The van der Waals surface area contributed by atoms with Gasteiger partial charge < -0.3 is 14.7 Å². The molecule has 2 saturated carbocycles. The van der Waals surface area contributed by atoms with Gasteiger partial charge in [-0.25, -0.2) is 0 Å². The molecule has 1 aromatic carbocycles. The average molecular weight is 331 g/mol. The van der Waals surface area contributed by atoms with Gasteiger partial charge in [0.2, 0.25) is 0 Å². The Morgan fingerprint density at radius 1 is 1.08 bits per heavy atom. The van der Waals surface area contributed by atoms with Crippen LogP contribution in [-0.4, -0.2) is 41.7 Å². The number of hydrogen-bond donors (Lipinski definition) is 1. The van der Waals surface area contributed by atoms with Crippen molar-refractivity contribution in [3.8, 4) is 5.75 Å². The summed E-state index contributed by atoms with van der Waals surface area (Å²) >= 11 is 0. The second-order valence-corrected chi connectivity index (χ2v) is 7.32. The van der Waals surface area contributed by atoms with Crippen LogP contribution in [0, 0.1) is 5.92 Å². The van der Waals surface area contributed by atoms with E-state index < -0.39 is 0 Å². The lowest BCUT2D eigenvalue weighted by molar-refractivity contribution is 0.0653. The Bertz CT molecular complexity index is 528. The van der Waals surface area contributed by atoms with E-state index in [4.69, 9.17) is 4.74 Å². The van der Waals surface area contributed by atoms with E-state index in [1.54, 1.807) is 0 Å². The molecular formula is C20H29NO3. The van der Waals surface area contributed by atoms with Crippen molar-refractivity contribution in [3.63, 3.8) is 0 Å². The van der Waals surface area contributed by atoms with Crippen molar-refractivity contribution in [1.82, 2.24) is 4.90 Å². The minimum Gasteiger partial charge on any atom is -0.490 e. The molecule has 0 atom stereocenters. The SMILES string of the molecule is CN(C(=O)c1ccc(OC2CCCC2)cc1)C1CCC(CO)CC1. The Labute approximate surface area is 144 Å². The predicted molar refractivity (Wildman–Crippen MR) is 94.3 cm³/mol. The molecule has 0 bridgehead atoms. The van der Waals surface area contributed by atoms with Crippen LogP contribution in [-0.2, 0) is 0 Å². The van der Waals surface area contributed by atoms with Crippen LogP contribution in [0.3, 0.4) is 0 Å². The zero-order chi connectivity index (χ0) is 16.9. The largest absolute Gasteiger partial charge is 0.490 e. The summed E-state index contributed by atoms with van der Waals surface area (Å²) in [5.41, 5.74) is 0.723. The summed E-state index contributed by atoms with van der Waals surface area (Å²) < 4.78 is 5.96. The standard InChI is InChI=1S/C20H29NO3/c1-21(17-10-6-15(14-22)7-11-17)20(23)16-8-12-19(13-9-16)24-18-4-2-3-5-18/h8-9,12-13,15,17-18,22H,2-7,10-11,14H2,1H3. The van der Waals surface area contributed by atoms with E-state index in [0.29, 0.717) is 12.0 Å². The summed E-state index contributed by atoms with van der Waals surface area (Å²) in [4.78, 5) is 14.6. The lowest BCUT2D eigenvalue weighted by atomic mass is 9.86. The Kier molecular flexibility index (Phi) is 5.77. The number of nitrogens with zero attached hydrogens (tertiary/aromatic N) is 1. The van der Waals surface area contributed by atoms with Gasteiger partial charge >= 0.3 is 0 Å². The van der Waals surface area contributed by atoms with E-state index in [-0.39, 0.29) is 18.6 Å². The number of ether oxygens (including phenoxy) is 1. The molecule has 0 spiro atoms. The summed E-state index contributed by atoms with van der Waals surface area (Å²) in [5, 5.41) is 9.24. The molecule has 4 nitrogen and oxygen atoms in total. The molecule has 24 heavy (non-hydrogen) atoms. The van der Waals surface area contributed by atoms with Crippen molar-refractivity contribution < 1.29 is 14.6 Å². The van der Waals surface area contributed by atoms with Crippen molar-refractivity contribution in [2.75, 3.05) is 13.7 Å². The normalized spacial score (nSPS) is 24.8. The van der Waals surface area contributed by atoms with Gasteiger partial charge in [-0.05, 0) is 81.5 Å². The first-order valence-corrected chi connectivity index (χ1v) is 9.32. The molecule has 132 valence electrons. The number of aliphatic hydroxyl groups excluding tert-OH is 1. The lowest BCUT2D eigenvalue weighted by Gasteiger charge is -2.34. The fourth-order valence-corrected chi connectivity index (χ4v) is 3.96. The molecule has 2 aliphatic rings. The van der Waals surface area contributed by atoms with E-state index in [2.05, 4.69) is 0 Å². The van der Waals surface area contributed by atoms with Crippen molar-refractivity contribution in [2.24, 2.45) is 5.92 Å². The highest BCUT2D eigenvalue weighted by Crippen LogP contribution is 2.28. The van der Waals surface area contributed by atoms with Crippen LogP contribution >= 0.6 is 0 Å². The van der Waals surface area contributed by atoms with E-state index in [9.17, 15) is 9.90 Å². The van der Waals surface area contributed by atoms with Crippen LogP contribution in [0.4, 0.5) is 0 Å². The van der Waals surface area contributed by atoms with Gasteiger partial charge in [-0.3, -0.25) is 4.79 Å². The third kappa shape index (κ3) is 4.10. The van der Waals surface area contributed by atoms with Gasteiger partial charge in [-0.15, -0.1) is 0 Å². The molecule has 0 aromatic heterocycles. The van der Waals surface area contributed by atoms with Crippen molar-refractivity contribution in [2.45, 2.75) is 63.5 Å². The molecule has 2 fully saturated rings. The second kappa shape index (κ2) is 8.02. The first kappa shape index (κ1) is 17.3. The molecule has 2 aliphatic carbocycles. The van der Waals surface area contributed by atoms with E-state index >= 15 is 0 Å². The Balaban J connectivity index is 1.56. The van der Waals surface area contributed by atoms with Crippen LogP contribution in [0.2, 0.25) is 0 Å². The maximum Gasteiger partial charge on any atom is 0.253 e. The van der Waals surface area contributed by atoms with Gasteiger partial charge in [-0.2, -0.15) is 0 Å². The molecule has 0 saturated heterocycles. The fraction of sp³-hybridized carbons (Fsp3) is 0.650. The lowest BCUT2D eigenvalue weighted by Crippen LogP contribution is -2.39. The van der Waals surface area contributed by atoms with Gasteiger partial charge in [0.1, 0.15) is 5.75 Å². The number of amides is 1. The summed E-state index contributed by atoms with van der Waals surface area (Å²) in [6, 6.07) is 7.88. The first-order valence-electron chi connectivity index (χ1n) is 9.32. The zero-order valence-electron chi connectivity index (χ0n) is 14.6. The summed E-state index contributed by atoms with van der Waals surface area (Å²) in [6.45, 7) is 0.271. The second-order valence-electron chi connectivity index (χ2n) is 7.32. The van der Waals surface area contributed by atoms with Crippen LogP contribution in [0.25, 0.3) is 0 Å². The van der Waals surface area contributed by atoms with Crippen LogP contribution in [0.5, 0.6) is 5.75 Å². The van der Waals surface area contributed by atoms with Gasteiger partial charge in [-0.1, -0.05) is 0 Å². The number of carbonyl (C=O) groups is 1. The molecule has 0 unspecified atom stereocenters. The van der Waals surface area contributed by atoms with Crippen LogP contribution in [0.1, 0.15) is 61.7 Å². The van der Waals surface area contributed by atoms with Gasteiger partial charge in [0.05, 0.1) is 6.10 Å². The summed E-state index contributed by atoms with van der Waals surface area (Å²) in [6.07, 6.45) is 9.11. The minimum absolute atomic E-state index is 0.0786. The van der Waals surface area contributed by atoms with Crippen molar-refractivity contribution in [3.05, 3.63) is 29.8 Å². The predicted octanol–water partition coefficient (Wildman–Crippen LogP) is 3.63. The van der Waals surface area contributed by atoms with Crippen molar-refractivity contribution >= 4 is 5.91 Å². The fourth-order valence-electron chi connectivity index (χ4n) is 3.96. The van der Waals surface area contributed by atoms with Crippen LogP contribution < -0.4 is 4.74 Å². The minimum atomic E-state index is 0.0786. The highest BCUT2D eigenvalue weighted by atomic mass is 16.5. The molecule has 4 heteroatoms. The maximum absolute atomic E-state index is 12.7. The Hall–Kier alpha value is -1.55. The van der Waals surface area contributed by atoms with Gasteiger partial charge in [0.15, 0.2) is 0 Å². The summed E-state index contributed by atoms with van der Waals surface area (Å²) in [5.74, 6) is 1.36. The van der Waals surface area contributed by atoms with E-state index in [1.165, 1.54) is 12.8 Å². The number of carbonyl (C=O) groups excluding carboxylic acids is 1. The molecule has 1 N–H and O–H groups in total. The third-order valence-electron chi connectivity index (χ3n) is 5.65. The quantitative estimate of drug-likeness (QED) is 0.896. The summed E-state index contributed by atoms with van der Waals surface area (Å²) in [7, 11) is 1.90. The van der Waals surface area contributed by atoms with Gasteiger partial charge in [0, 0.05) is 25.3 Å². The molecular weight excluding hydrogens is 302 g/mol. The number of rotatable bonds is 5. The molecule has 3 rings (SSSR count).